The molecule has 2 rings (SSSR count). The molecule has 0 bridgehead atoms. The van der Waals surface area contributed by atoms with Gasteiger partial charge in [-0.1, -0.05) is 0 Å². The van der Waals surface area contributed by atoms with Gasteiger partial charge in [0.1, 0.15) is 12.0 Å². The van der Waals surface area contributed by atoms with Crippen molar-refractivity contribution >= 4 is 11.8 Å². The van der Waals surface area contributed by atoms with Crippen LogP contribution in [-0.2, 0) is 4.79 Å². The quantitative estimate of drug-likeness (QED) is 0.644. The molecule has 0 saturated carbocycles. The number of hydrogen-bond donors (Lipinski definition) is 4. The lowest BCUT2D eigenvalue weighted by atomic mass is 9.89. The number of aliphatic carboxylic acids is 1. The van der Waals surface area contributed by atoms with Gasteiger partial charge in [-0.3, -0.25) is 15.2 Å². The van der Waals surface area contributed by atoms with Crippen LogP contribution >= 0.6 is 0 Å². The van der Waals surface area contributed by atoms with E-state index in [0.717, 1.165) is 5.69 Å². The molecule has 4 atom stereocenters. The van der Waals surface area contributed by atoms with Gasteiger partial charge in [-0.25, -0.2) is 4.39 Å². The van der Waals surface area contributed by atoms with E-state index in [0.29, 0.717) is 5.82 Å². The zero-order valence-corrected chi connectivity index (χ0v) is 10.3. The number of carboxylic acid groups (broad SMARTS) is 1. The lowest BCUT2D eigenvalue weighted by Gasteiger charge is -2.35. The molecule has 1 saturated heterocycles. The Morgan fingerprint density at radius 3 is 2.94 bits per heavy atom. The zero-order chi connectivity index (χ0) is 13.3. The van der Waals surface area contributed by atoms with Gasteiger partial charge in [0, 0.05) is 17.8 Å². The molecule has 7 heteroatoms. The molecule has 0 spiro atoms. The van der Waals surface area contributed by atoms with E-state index in [1.54, 1.807) is 6.92 Å². The number of carboxylic acids is 1. The third-order valence-electron chi connectivity index (χ3n) is 3.16. The SMILES string of the molecule is Cc1cc(NC2CC(C(=O)O)C(F)C(C)N2)n[nH]1. The highest BCUT2D eigenvalue weighted by molar-refractivity contribution is 5.71. The zero-order valence-electron chi connectivity index (χ0n) is 10.3. The predicted octanol–water partition coefficient (Wildman–Crippen LogP) is 0.877. The second-order valence-corrected chi connectivity index (χ2v) is 4.71. The maximum atomic E-state index is 13.7. The molecule has 18 heavy (non-hydrogen) atoms. The number of alkyl halides is 1. The molecule has 0 amide bonds. The van der Waals surface area contributed by atoms with Crippen molar-refractivity contribution in [3.05, 3.63) is 11.8 Å². The van der Waals surface area contributed by atoms with Gasteiger partial charge in [0.25, 0.3) is 0 Å². The maximum Gasteiger partial charge on any atom is 0.309 e. The summed E-state index contributed by atoms with van der Waals surface area (Å²) in [7, 11) is 0. The van der Waals surface area contributed by atoms with Crippen LogP contribution in [0, 0.1) is 12.8 Å². The number of nitrogens with zero attached hydrogens (tertiary/aromatic N) is 1. The van der Waals surface area contributed by atoms with Crippen LogP contribution in [0.1, 0.15) is 19.0 Å². The Balaban J connectivity index is 2.03. The van der Waals surface area contributed by atoms with Gasteiger partial charge in [-0.15, -0.1) is 0 Å². The average molecular weight is 256 g/mol. The smallest absolute Gasteiger partial charge is 0.309 e. The molecular formula is C11H17FN4O2. The second-order valence-electron chi connectivity index (χ2n) is 4.71. The van der Waals surface area contributed by atoms with Gasteiger partial charge in [0.15, 0.2) is 0 Å². The molecule has 1 aliphatic rings. The van der Waals surface area contributed by atoms with E-state index in [1.807, 2.05) is 13.0 Å². The van der Waals surface area contributed by atoms with E-state index in [2.05, 4.69) is 20.8 Å². The molecular weight excluding hydrogens is 239 g/mol. The average Bonchev–Trinajstić information content (AvgIpc) is 2.68. The van der Waals surface area contributed by atoms with Crippen molar-refractivity contribution in [1.29, 1.82) is 0 Å². The summed E-state index contributed by atoms with van der Waals surface area (Å²) in [5.74, 6) is -1.46. The van der Waals surface area contributed by atoms with Crippen molar-refractivity contribution in [2.24, 2.45) is 5.92 Å². The van der Waals surface area contributed by atoms with Gasteiger partial charge in [0.2, 0.25) is 0 Å². The van der Waals surface area contributed by atoms with Crippen LogP contribution in [-0.4, -0.2) is 39.7 Å². The Bertz CT molecular complexity index is 436. The Labute approximate surface area is 104 Å². The molecule has 6 nitrogen and oxygen atoms in total. The number of anilines is 1. The largest absolute Gasteiger partial charge is 0.481 e. The first kappa shape index (κ1) is 12.8. The Kier molecular flexibility index (Phi) is 3.51. The molecule has 0 aromatic carbocycles. The number of nitrogens with one attached hydrogen (secondary N) is 3. The highest BCUT2D eigenvalue weighted by Gasteiger charge is 2.39. The van der Waals surface area contributed by atoms with Crippen LogP contribution in [0.3, 0.4) is 0 Å². The van der Waals surface area contributed by atoms with Crippen LogP contribution in [0.4, 0.5) is 10.2 Å². The minimum absolute atomic E-state index is 0.187. The monoisotopic (exact) mass is 256 g/mol. The molecule has 1 aromatic rings. The first-order valence-electron chi connectivity index (χ1n) is 5.89. The number of halogens is 1. The fourth-order valence-electron chi connectivity index (χ4n) is 2.22. The summed E-state index contributed by atoms with van der Waals surface area (Å²) in [6.07, 6.45) is -1.48. The molecule has 0 aliphatic carbocycles. The van der Waals surface area contributed by atoms with Crippen LogP contribution in [0.25, 0.3) is 0 Å². The highest BCUT2D eigenvalue weighted by Crippen LogP contribution is 2.24. The number of aromatic nitrogens is 2. The lowest BCUT2D eigenvalue weighted by Crippen LogP contribution is -2.56. The Morgan fingerprint density at radius 1 is 1.67 bits per heavy atom. The maximum absolute atomic E-state index is 13.7. The number of aromatic amines is 1. The standard InChI is InChI=1S/C11H17FN4O2/c1-5-3-9(16-15-5)14-8-4-7(11(17)18)10(12)6(2)13-8/h3,6-8,10,13H,4H2,1-2H3,(H,17,18)(H2,14,15,16). The molecule has 2 heterocycles. The summed E-state index contributed by atoms with van der Waals surface area (Å²) in [5.41, 5.74) is 0.902. The number of H-pyrrole nitrogens is 1. The normalized spacial score (nSPS) is 32.2. The van der Waals surface area contributed by atoms with Gasteiger partial charge in [0.05, 0.1) is 12.1 Å². The molecule has 4 unspecified atom stereocenters. The van der Waals surface area contributed by atoms with Gasteiger partial charge in [-0.05, 0) is 20.3 Å². The number of piperidine rings is 1. The fourth-order valence-corrected chi connectivity index (χ4v) is 2.22. The van der Waals surface area contributed by atoms with Crippen molar-refractivity contribution in [1.82, 2.24) is 15.5 Å². The van der Waals surface area contributed by atoms with Crippen LogP contribution in [0.2, 0.25) is 0 Å². The highest BCUT2D eigenvalue weighted by atomic mass is 19.1. The van der Waals surface area contributed by atoms with E-state index in [-0.39, 0.29) is 12.6 Å². The molecule has 4 N–H and O–H groups in total. The molecule has 100 valence electrons. The van der Waals surface area contributed by atoms with Gasteiger partial charge in [-0.2, -0.15) is 5.10 Å². The third-order valence-corrected chi connectivity index (χ3v) is 3.16. The fraction of sp³-hybridized carbons (Fsp3) is 0.636. The number of carbonyl (C=O) groups is 1. The Morgan fingerprint density at radius 2 is 2.39 bits per heavy atom. The predicted molar refractivity (Wildman–Crippen MR) is 64.0 cm³/mol. The number of hydrogen-bond acceptors (Lipinski definition) is 4. The van der Waals surface area contributed by atoms with Crippen molar-refractivity contribution in [3.63, 3.8) is 0 Å². The van der Waals surface area contributed by atoms with E-state index in [9.17, 15) is 9.18 Å². The second kappa shape index (κ2) is 4.93. The topological polar surface area (TPSA) is 90.0 Å². The number of rotatable bonds is 3. The molecule has 1 aromatic heterocycles. The summed E-state index contributed by atoms with van der Waals surface area (Å²) in [4.78, 5) is 11.0. The van der Waals surface area contributed by atoms with Crippen LogP contribution < -0.4 is 10.6 Å². The van der Waals surface area contributed by atoms with Crippen molar-refractivity contribution in [2.75, 3.05) is 5.32 Å². The van der Waals surface area contributed by atoms with E-state index >= 15 is 0 Å². The van der Waals surface area contributed by atoms with Crippen LogP contribution in [0.15, 0.2) is 6.07 Å². The summed E-state index contributed by atoms with van der Waals surface area (Å²) in [5, 5.41) is 21.8. The molecule has 1 aliphatic heterocycles. The van der Waals surface area contributed by atoms with Gasteiger partial charge < -0.3 is 10.4 Å². The van der Waals surface area contributed by atoms with E-state index in [4.69, 9.17) is 5.11 Å². The number of aryl methyl sites for hydroxylation is 1. The summed E-state index contributed by atoms with van der Waals surface area (Å²) < 4.78 is 13.7. The van der Waals surface area contributed by atoms with Crippen molar-refractivity contribution in [3.8, 4) is 0 Å². The van der Waals surface area contributed by atoms with Crippen LogP contribution in [0.5, 0.6) is 0 Å². The minimum Gasteiger partial charge on any atom is -0.481 e. The lowest BCUT2D eigenvalue weighted by molar-refractivity contribution is -0.146. The first-order chi connectivity index (χ1) is 8.47. The van der Waals surface area contributed by atoms with Crippen molar-refractivity contribution < 1.29 is 14.3 Å². The summed E-state index contributed by atoms with van der Waals surface area (Å²) >= 11 is 0. The third kappa shape index (κ3) is 2.61. The summed E-state index contributed by atoms with van der Waals surface area (Å²) in [6, 6.07) is 1.31. The van der Waals surface area contributed by atoms with E-state index in [1.165, 1.54) is 0 Å². The summed E-state index contributed by atoms with van der Waals surface area (Å²) in [6.45, 7) is 3.51. The van der Waals surface area contributed by atoms with Gasteiger partial charge >= 0.3 is 5.97 Å². The Hall–Kier alpha value is -1.63. The minimum atomic E-state index is -1.37. The molecule has 0 radical (unpaired) electrons. The van der Waals surface area contributed by atoms with E-state index < -0.39 is 24.1 Å². The first-order valence-corrected chi connectivity index (χ1v) is 5.89. The van der Waals surface area contributed by atoms with Crippen molar-refractivity contribution in [2.45, 2.75) is 38.6 Å². The molecule has 1 fully saturated rings.